The minimum Gasteiger partial charge on any atom is -0.456 e. The highest BCUT2D eigenvalue weighted by Crippen LogP contribution is 2.52. The first-order chi connectivity index (χ1) is 28.7. The van der Waals surface area contributed by atoms with Gasteiger partial charge in [-0.3, -0.25) is 0 Å². The molecular formula is C54H35NO2S. The van der Waals surface area contributed by atoms with E-state index in [0.717, 1.165) is 66.5 Å². The first kappa shape index (κ1) is 33.9. The first-order valence-electron chi connectivity index (χ1n) is 19.4. The zero-order valence-electron chi connectivity index (χ0n) is 31.4. The normalized spacial score (nSPS) is 12.1. The van der Waals surface area contributed by atoms with Gasteiger partial charge >= 0.3 is 0 Å². The molecule has 0 saturated heterocycles. The average Bonchev–Trinajstić information content (AvgIpc) is 3.97. The third kappa shape index (κ3) is 5.57. The Labute approximate surface area is 339 Å². The fourth-order valence-electron chi connectivity index (χ4n) is 8.44. The maximum atomic E-state index is 6.61. The molecule has 0 radical (unpaired) electrons. The molecule has 3 heterocycles. The molecule has 0 amide bonds. The number of allylic oxidation sites excluding steroid dienone is 4. The van der Waals surface area contributed by atoms with E-state index in [1.807, 2.05) is 41.7 Å². The highest BCUT2D eigenvalue weighted by atomic mass is 32.1. The molecule has 0 fully saturated rings. The number of fused-ring (bicyclic) bond motifs is 9. The van der Waals surface area contributed by atoms with Gasteiger partial charge in [-0.1, -0.05) is 152 Å². The van der Waals surface area contributed by atoms with Crippen LogP contribution >= 0.6 is 11.3 Å². The number of hydrogen-bond acceptors (Lipinski definition) is 4. The van der Waals surface area contributed by atoms with Crippen LogP contribution in [-0.2, 0) is 0 Å². The monoisotopic (exact) mass is 761 g/mol. The summed E-state index contributed by atoms with van der Waals surface area (Å²) in [5.74, 6) is 0. The van der Waals surface area contributed by atoms with Gasteiger partial charge in [-0.25, -0.2) is 0 Å². The van der Waals surface area contributed by atoms with Gasteiger partial charge in [0.2, 0.25) is 0 Å². The average molecular weight is 762 g/mol. The van der Waals surface area contributed by atoms with E-state index >= 15 is 0 Å². The second-order valence-corrected chi connectivity index (χ2v) is 15.5. The van der Waals surface area contributed by atoms with E-state index in [0.29, 0.717) is 0 Å². The predicted molar refractivity (Wildman–Crippen MR) is 248 cm³/mol. The Bertz CT molecular complexity index is 3420. The van der Waals surface area contributed by atoms with Crippen LogP contribution in [0, 0.1) is 0 Å². The van der Waals surface area contributed by atoms with Gasteiger partial charge in [0.25, 0.3) is 0 Å². The van der Waals surface area contributed by atoms with Crippen LogP contribution in [0.2, 0.25) is 0 Å². The third-order valence-electron chi connectivity index (χ3n) is 11.1. The lowest BCUT2D eigenvalue weighted by Crippen LogP contribution is -2.12. The van der Waals surface area contributed by atoms with Crippen molar-refractivity contribution in [1.29, 1.82) is 0 Å². The van der Waals surface area contributed by atoms with E-state index in [-0.39, 0.29) is 0 Å². The summed E-state index contributed by atoms with van der Waals surface area (Å²) in [5.41, 5.74) is 12.4. The summed E-state index contributed by atoms with van der Waals surface area (Å²) in [5, 5.41) is 6.66. The minimum absolute atomic E-state index is 0.828. The number of nitrogens with zero attached hydrogens (tertiary/aromatic N) is 1. The second-order valence-electron chi connectivity index (χ2n) is 14.4. The molecule has 0 saturated carbocycles. The summed E-state index contributed by atoms with van der Waals surface area (Å²) in [4.78, 5) is 2.46. The van der Waals surface area contributed by atoms with E-state index in [1.54, 1.807) is 6.08 Å². The molecule has 0 aliphatic rings. The number of rotatable bonds is 8. The molecule has 4 heteroatoms. The van der Waals surface area contributed by atoms with Crippen molar-refractivity contribution in [1.82, 2.24) is 0 Å². The van der Waals surface area contributed by atoms with Crippen LogP contribution < -0.4 is 4.90 Å². The summed E-state index contributed by atoms with van der Waals surface area (Å²) in [7, 11) is 0. The van der Waals surface area contributed by atoms with Crippen molar-refractivity contribution in [2.75, 3.05) is 4.90 Å². The number of thiophene rings is 1. The Morgan fingerprint density at radius 1 is 0.483 bits per heavy atom. The number of benzene rings is 8. The van der Waals surface area contributed by atoms with Crippen molar-refractivity contribution >= 4 is 98.5 Å². The van der Waals surface area contributed by atoms with Crippen molar-refractivity contribution in [2.24, 2.45) is 0 Å². The number of para-hydroxylation sites is 2. The van der Waals surface area contributed by atoms with E-state index in [2.05, 4.69) is 175 Å². The largest absolute Gasteiger partial charge is 0.456 e. The van der Waals surface area contributed by atoms with Crippen molar-refractivity contribution < 1.29 is 8.83 Å². The molecule has 58 heavy (non-hydrogen) atoms. The lowest BCUT2D eigenvalue weighted by Gasteiger charge is -2.29. The fourth-order valence-corrected chi connectivity index (χ4v) is 9.74. The highest BCUT2D eigenvalue weighted by Gasteiger charge is 2.27. The summed E-state index contributed by atoms with van der Waals surface area (Å²) >= 11 is 1.86. The van der Waals surface area contributed by atoms with Gasteiger partial charge in [0.05, 0.1) is 16.8 Å². The SMILES string of the molecule is C=C/C=C\C=C\c1ccc2oc3ccccc3c2c1N(c1ccc2oc3ccccc3c2c1)c1ccc(-c2ccccc2)c2sc3cc(-c4ccccc4)ccc3c12. The van der Waals surface area contributed by atoms with E-state index in [4.69, 9.17) is 8.83 Å². The van der Waals surface area contributed by atoms with Crippen LogP contribution in [0.1, 0.15) is 5.56 Å². The topological polar surface area (TPSA) is 29.5 Å². The molecule has 0 aliphatic heterocycles. The number of hydrogen-bond donors (Lipinski definition) is 0. The Morgan fingerprint density at radius 2 is 1.17 bits per heavy atom. The van der Waals surface area contributed by atoms with Gasteiger partial charge in [0.15, 0.2) is 0 Å². The van der Waals surface area contributed by atoms with Crippen LogP contribution in [0.5, 0.6) is 0 Å². The molecule has 8 aromatic carbocycles. The zero-order chi connectivity index (χ0) is 38.6. The Morgan fingerprint density at radius 3 is 1.98 bits per heavy atom. The lowest BCUT2D eigenvalue weighted by atomic mass is 9.97. The zero-order valence-corrected chi connectivity index (χ0v) is 32.2. The molecule has 0 bridgehead atoms. The summed E-state index contributed by atoms with van der Waals surface area (Å²) < 4.78 is 15.5. The summed E-state index contributed by atoms with van der Waals surface area (Å²) in [6, 6.07) is 60.4. The summed E-state index contributed by atoms with van der Waals surface area (Å²) in [6.45, 7) is 3.89. The van der Waals surface area contributed by atoms with Crippen LogP contribution in [-0.4, -0.2) is 0 Å². The smallest absolute Gasteiger partial charge is 0.137 e. The Balaban J connectivity index is 1.28. The van der Waals surface area contributed by atoms with Gasteiger partial charge < -0.3 is 13.7 Å². The maximum Gasteiger partial charge on any atom is 0.137 e. The van der Waals surface area contributed by atoms with Gasteiger partial charge in [-0.15, -0.1) is 11.3 Å². The molecule has 274 valence electrons. The summed E-state index contributed by atoms with van der Waals surface area (Å²) in [6.07, 6.45) is 10.0. The van der Waals surface area contributed by atoms with Crippen molar-refractivity contribution in [2.45, 2.75) is 0 Å². The van der Waals surface area contributed by atoms with E-state index in [1.165, 1.54) is 42.4 Å². The van der Waals surface area contributed by atoms with E-state index in [9.17, 15) is 0 Å². The Kier molecular flexibility index (Phi) is 8.16. The van der Waals surface area contributed by atoms with Crippen LogP contribution in [0.4, 0.5) is 17.1 Å². The molecule has 0 spiro atoms. The molecule has 0 N–H and O–H groups in total. The van der Waals surface area contributed by atoms with Crippen LogP contribution in [0.15, 0.2) is 210 Å². The molecule has 0 atom stereocenters. The maximum absolute atomic E-state index is 6.61. The van der Waals surface area contributed by atoms with Crippen molar-refractivity contribution in [3.8, 4) is 22.3 Å². The molecule has 0 aliphatic carbocycles. The standard InChI is InChI=1S/C54H35NO2S/c1-2-3-4-7-20-37-26-31-49-52(42-22-13-15-24-47(42)57-49)53(37)55(39-27-32-48-44(34-39)41-21-12-14-23-46(41)56-48)45-30-29-40(36-18-10-6-11-19-36)54-51(45)43-28-25-38(33-50(43)58-54)35-16-8-5-9-17-35/h2-34H,1H2/b4-3-,20-7+. The molecular weight excluding hydrogens is 727 g/mol. The fraction of sp³-hybridized carbons (Fsp3) is 0. The van der Waals surface area contributed by atoms with Gasteiger partial charge in [0, 0.05) is 42.0 Å². The van der Waals surface area contributed by atoms with Crippen molar-refractivity contribution in [3.05, 3.63) is 206 Å². The first-order valence-corrected chi connectivity index (χ1v) is 20.3. The molecule has 11 rings (SSSR count). The molecule has 3 aromatic heterocycles. The number of anilines is 3. The Hall–Kier alpha value is -7.40. The van der Waals surface area contributed by atoms with Crippen molar-refractivity contribution in [3.63, 3.8) is 0 Å². The van der Waals surface area contributed by atoms with Gasteiger partial charge in [0.1, 0.15) is 22.3 Å². The lowest BCUT2D eigenvalue weighted by molar-refractivity contribution is 0.668. The third-order valence-corrected chi connectivity index (χ3v) is 12.2. The molecule has 0 unspecified atom stereocenters. The quantitative estimate of drug-likeness (QED) is 0.144. The second kappa shape index (κ2) is 14.0. The number of furan rings is 2. The van der Waals surface area contributed by atoms with Crippen LogP contribution in [0.3, 0.4) is 0 Å². The molecule has 11 aromatic rings. The van der Waals surface area contributed by atoms with E-state index < -0.39 is 0 Å². The predicted octanol–water partition coefficient (Wildman–Crippen LogP) is 16.4. The van der Waals surface area contributed by atoms with Gasteiger partial charge in [-0.05, 0) is 82.4 Å². The minimum atomic E-state index is 0.828. The highest BCUT2D eigenvalue weighted by molar-refractivity contribution is 7.26. The van der Waals surface area contributed by atoms with Crippen LogP contribution in [0.25, 0.3) is 92.4 Å². The molecule has 3 nitrogen and oxygen atoms in total. The van der Waals surface area contributed by atoms with Gasteiger partial charge in [-0.2, -0.15) is 0 Å².